The molecular formula is C17H26FN3O. The molecule has 1 aliphatic rings. The van der Waals surface area contributed by atoms with Gasteiger partial charge in [-0.25, -0.2) is 4.39 Å². The van der Waals surface area contributed by atoms with Gasteiger partial charge in [-0.05, 0) is 44.4 Å². The minimum absolute atomic E-state index is 0.0411. The van der Waals surface area contributed by atoms with Gasteiger partial charge < -0.3 is 15.4 Å². The van der Waals surface area contributed by atoms with E-state index in [0.29, 0.717) is 6.04 Å². The number of guanidine groups is 1. The number of nitrogens with zero attached hydrogens (tertiary/aromatic N) is 1. The molecule has 1 fully saturated rings. The molecule has 122 valence electrons. The van der Waals surface area contributed by atoms with Crippen LogP contribution in [0.4, 0.5) is 4.39 Å². The lowest BCUT2D eigenvalue weighted by Gasteiger charge is -2.38. The van der Waals surface area contributed by atoms with Crippen LogP contribution in [0.15, 0.2) is 29.3 Å². The van der Waals surface area contributed by atoms with Crippen LogP contribution in [-0.2, 0) is 10.2 Å². The van der Waals surface area contributed by atoms with E-state index in [1.54, 1.807) is 7.05 Å². The highest BCUT2D eigenvalue weighted by atomic mass is 19.1. The zero-order valence-corrected chi connectivity index (χ0v) is 13.7. The van der Waals surface area contributed by atoms with Crippen LogP contribution in [0.2, 0.25) is 0 Å². The molecule has 2 rings (SSSR count). The molecule has 2 N–H and O–H groups in total. The summed E-state index contributed by atoms with van der Waals surface area (Å²) >= 11 is 0. The Hall–Kier alpha value is -1.62. The van der Waals surface area contributed by atoms with Crippen molar-refractivity contribution in [2.75, 3.05) is 26.8 Å². The Morgan fingerprint density at radius 2 is 1.91 bits per heavy atom. The summed E-state index contributed by atoms with van der Waals surface area (Å²) in [6.07, 6.45) is 1.84. The smallest absolute Gasteiger partial charge is 0.191 e. The quantitative estimate of drug-likeness (QED) is 0.663. The number of aliphatic imine (C=N–C) groups is 1. The standard InChI is InChI=1S/C17H26FN3O/c1-13(2)21-16(19-3)20-12-17(8-10-22-11-9-17)14-4-6-15(18)7-5-14/h4-7,13H,8-12H2,1-3H3,(H2,19,20,21). The number of halogens is 1. The van der Waals surface area contributed by atoms with Gasteiger partial charge in [0.15, 0.2) is 5.96 Å². The van der Waals surface area contributed by atoms with E-state index in [1.807, 2.05) is 12.1 Å². The van der Waals surface area contributed by atoms with Crippen LogP contribution in [-0.4, -0.2) is 38.8 Å². The van der Waals surface area contributed by atoms with Gasteiger partial charge in [0.05, 0.1) is 0 Å². The van der Waals surface area contributed by atoms with Gasteiger partial charge in [0, 0.05) is 38.3 Å². The zero-order chi connectivity index (χ0) is 16.0. The molecule has 1 aliphatic heterocycles. The monoisotopic (exact) mass is 307 g/mol. The number of nitrogens with one attached hydrogen (secondary N) is 2. The Balaban J connectivity index is 2.14. The Labute approximate surface area is 132 Å². The van der Waals surface area contributed by atoms with Gasteiger partial charge in [-0.2, -0.15) is 0 Å². The van der Waals surface area contributed by atoms with Crippen molar-refractivity contribution in [1.82, 2.24) is 10.6 Å². The number of rotatable bonds is 4. The second kappa shape index (κ2) is 7.58. The molecule has 0 unspecified atom stereocenters. The molecule has 1 aromatic carbocycles. The van der Waals surface area contributed by atoms with Crippen LogP contribution in [0.5, 0.6) is 0 Å². The average Bonchev–Trinajstić information content (AvgIpc) is 2.52. The van der Waals surface area contributed by atoms with E-state index >= 15 is 0 Å². The van der Waals surface area contributed by atoms with Crippen LogP contribution in [0.25, 0.3) is 0 Å². The third-order valence-corrected chi connectivity index (χ3v) is 4.15. The maximum absolute atomic E-state index is 13.2. The molecule has 1 saturated heterocycles. The van der Waals surface area contributed by atoms with E-state index in [1.165, 1.54) is 12.1 Å². The SMILES string of the molecule is CN=C(NCC1(c2ccc(F)cc2)CCOCC1)NC(C)C. The maximum Gasteiger partial charge on any atom is 0.191 e. The molecule has 5 heteroatoms. The molecule has 22 heavy (non-hydrogen) atoms. The van der Waals surface area contributed by atoms with E-state index in [4.69, 9.17) is 4.74 Å². The maximum atomic E-state index is 13.2. The van der Waals surface area contributed by atoms with Gasteiger partial charge in [-0.1, -0.05) is 12.1 Å². The van der Waals surface area contributed by atoms with Crippen molar-refractivity contribution in [3.05, 3.63) is 35.6 Å². The highest BCUT2D eigenvalue weighted by Gasteiger charge is 2.34. The number of hydrogen-bond donors (Lipinski definition) is 2. The minimum atomic E-state index is -0.198. The van der Waals surface area contributed by atoms with E-state index in [0.717, 1.165) is 44.1 Å². The Morgan fingerprint density at radius 1 is 1.27 bits per heavy atom. The Bertz CT molecular complexity index is 493. The van der Waals surface area contributed by atoms with Crippen LogP contribution in [0, 0.1) is 5.82 Å². The van der Waals surface area contributed by atoms with Crippen molar-refractivity contribution in [3.8, 4) is 0 Å². The fraction of sp³-hybridized carbons (Fsp3) is 0.588. The second-order valence-corrected chi connectivity index (χ2v) is 6.12. The third-order valence-electron chi connectivity index (χ3n) is 4.15. The van der Waals surface area contributed by atoms with Gasteiger partial charge in [0.25, 0.3) is 0 Å². The summed E-state index contributed by atoms with van der Waals surface area (Å²) in [5.74, 6) is 0.596. The number of hydrogen-bond acceptors (Lipinski definition) is 2. The van der Waals surface area contributed by atoms with Gasteiger partial charge in [0.2, 0.25) is 0 Å². The summed E-state index contributed by atoms with van der Waals surface area (Å²) < 4.78 is 18.7. The topological polar surface area (TPSA) is 45.7 Å². The number of ether oxygens (including phenoxy) is 1. The summed E-state index contributed by atoms with van der Waals surface area (Å²) in [6, 6.07) is 7.17. The van der Waals surface area contributed by atoms with Crippen molar-refractivity contribution >= 4 is 5.96 Å². The molecule has 0 spiro atoms. The normalized spacial score (nSPS) is 18.3. The van der Waals surface area contributed by atoms with Crippen molar-refractivity contribution in [3.63, 3.8) is 0 Å². The van der Waals surface area contributed by atoms with Crippen LogP contribution >= 0.6 is 0 Å². The highest BCUT2D eigenvalue weighted by molar-refractivity contribution is 5.80. The molecule has 0 bridgehead atoms. The van der Waals surface area contributed by atoms with Crippen molar-refractivity contribution < 1.29 is 9.13 Å². The predicted octanol–water partition coefficient (Wildman–Crippen LogP) is 2.45. The summed E-state index contributed by atoms with van der Waals surface area (Å²) in [5.41, 5.74) is 1.12. The lowest BCUT2D eigenvalue weighted by molar-refractivity contribution is 0.0513. The highest BCUT2D eigenvalue weighted by Crippen LogP contribution is 2.34. The van der Waals surface area contributed by atoms with Gasteiger partial charge in [-0.15, -0.1) is 0 Å². The first kappa shape index (κ1) is 16.7. The molecule has 1 aromatic rings. The zero-order valence-electron chi connectivity index (χ0n) is 13.7. The van der Waals surface area contributed by atoms with E-state index < -0.39 is 0 Å². The molecule has 0 saturated carbocycles. The van der Waals surface area contributed by atoms with Crippen LogP contribution in [0.1, 0.15) is 32.3 Å². The van der Waals surface area contributed by atoms with Crippen molar-refractivity contribution in [2.24, 2.45) is 4.99 Å². The lowest BCUT2D eigenvalue weighted by Crippen LogP contribution is -2.49. The fourth-order valence-corrected chi connectivity index (χ4v) is 2.85. The molecule has 4 nitrogen and oxygen atoms in total. The average molecular weight is 307 g/mol. The predicted molar refractivity (Wildman–Crippen MR) is 87.8 cm³/mol. The van der Waals surface area contributed by atoms with E-state index in [-0.39, 0.29) is 11.2 Å². The van der Waals surface area contributed by atoms with E-state index in [2.05, 4.69) is 29.5 Å². The lowest BCUT2D eigenvalue weighted by atomic mass is 9.74. The summed E-state index contributed by atoms with van der Waals surface area (Å²) in [4.78, 5) is 4.25. The summed E-state index contributed by atoms with van der Waals surface area (Å²) in [7, 11) is 1.77. The van der Waals surface area contributed by atoms with E-state index in [9.17, 15) is 4.39 Å². The molecule has 1 heterocycles. The van der Waals surface area contributed by atoms with Crippen LogP contribution in [0.3, 0.4) is 0 Å². The molecule has 0 aromatic heterocycles. The van der Waals surface area contributed by atoms with Crippen molar-refractivity contribution in [2.45, 2.75) is 38.1 Å². The summed E-state index contributed by atoms with van der Waals surface area (Å²) in [6.45, 7) is 6.38. The van der Waals surface area contributed by atoms with Gasteiger partial charge >= 0.3 is 0 Å². The van der Waals surface area contributed by atoms with Gasteiger partial charge in [0.1, 0.15) is 5.82 Å². The van der Waals surface area contributed by atoms with Gasteiger partial charge in [-0.3, -0.25) is 4.99 Å². The Kier molecular flexibility index (Phi) is 5.77. The molecular weight excluding hydrogens is 281 g/mol. The van der Waals surface area contributed by atoms with Crippen LogP contribution < -0.4 is 10.6 Å². The van der Waals surface area contributed by atoms with Crippen molar-refractivity contribution in [1.29, 1.82) is 0 Å². The first-order valence-corrected chi connectivity index (χ1v) is 7.87. The third kappa shape index (κ3) is 4.19. The minimum Gasteiger partial charge on any atom is -0.381 e. The number of benzene rings is 1. The largest absolute Gasteiger partial charge is 0.381 e. The fourth-order valence-electron chi connectivity index (χ4n) is 2.85. The first-order valence-electron chi connectivity index (χ1n) is 7.87. The summed E-state index contributed by atoms with van der Waals surface area (Å²) in [5, 5.41) is 6.71. The molecule has 0 radical (unpaired) electrons. The molecule has 0 aliphatic carbocycles. The second-order valence-electron chi connectivity index (χ2n) is 6.12. The molecule has 0 amide bonds. The Morgan fingerprint density at radius 3 is 2.45 bits per heavy atom. The molecule has 0 atom stereocenters. The first-order chi connectivity index (χ1) is 10.6.